The second-order valence-electron chi connectivity index (χ2n) is 6.40. The summed E-state index contributed by atoms with van der Waals surface area (Å²) in [5.41, 5.74) is -4.09. The molecule has 3 rings (SSSR count). The molecule has 27 heavy (non-hydrogen) atoms. The average molecular weight is 401 g/mol. The van der Waals surface area contributed by atoms with Gasteiger partial charge in [-0.1, -0.05) is 0 Å². The average Bonchev–Trinajstić information content (AvgIpc) is 3.44. The molecular formula is C17H18F3N3O3S. The molecule has 1 heterocycles. The zero-order valence-corrected chi connectivity index (χ0v) is 15.1. The lowest BCUT2D eigenvalue weighted by molar-refractivity contribution is -0.146. The first-order valence-corrected chi connectivity index (χ1v) is 9.29. The number of thioether (sulfide) groups is 1. The van der Waals surface area contributed by atoms with Crippen LogP contribution in [-0.4, -0.2) is 65.3 Å². The molecule has 0 spiro atoms. The minimum absolute atomic E-state index is 0.0103. The maximum atomic E-state index is 12.5. The molecule has 2 aliphatic rings. The predicted octanol–water partition coefficient (Wildman–Crippen LogP) is 1.86. The number of amides is 3. The van der Waals surface area contributed by atoms with Crippen LogP contribution in [0.5, 0.6) is 0 Å². The Morgan fingerprint density at radius 1 is 0.963 bits per heavy atom. The van der Waals surface area contributed by atoms with E-state index in [1.807, 2.05) is 0 Å². The topological polar surface area (TPSA) is 69.7 Å². The Morgan fingerprint density at radius 3 is 2.04 bits per heavy atom. The molecule has 0 unspecified atom stereocenters. The van der Waals surface area contributed by atoms with Crippen molar-refractivity contribution in [2.75, 3.05) is 26.2 Å². The number of carbonyl (C=O) groups is 3. The third kappa shape index (κ3) is 5.38. The van der Waals surface area contributed by atoms with Gasteiger partial charge in [-0.2, -0.15) is 13.2 Å². The normalized spacial score (nSPS) is 17.6. The number of rotatable bonds is 3. The van der Waals surface area contributed by atoms with Gasteiger partial charge in [0, 0.05) is 42.7 Å². The van der Waals surface area contributed by atoms with E-state index in [1.165, 1.54) is 34.1 Å². The molecule has 1 aromatic carbocycles. The van der Waals surface area contributed by atoms with Gasteiger partial charge >= 0.3 is 17.3 Å². The van der Waals surface area contributed by atoms with Crippen molar-refractivity contribution in [3.63, 3.8) is 0 Å². The fourth-order valence-electron chi connectivity index (χ4n) is 2.71. The number of benzene rings is 1. The quantitative estimate of drug-likeness (QED) is 0.620. The Balaban J connectivity index is 1.52. The van der Waals surface area contributed by atoms with E-state index >= 15 is 0 Å². The van der Waals surface area contributed by atoms with Crippen molar-refractivity contribution in [2.45, 2.75) is 29.3 Å². The summed E-state index contributed by atoms with van der Waals surface area (Å²) in [6.07, 6.45) is 1.78. The standard InChI is InChI=1S/C17H18F3N3O3S/c18-17(19,20)27-13-5-1-11(2-6-13)15(25)22-7-9-23(10-8-22)16(26)14(24)21-12-3-4-12/h1-2,5-6,12H,3-4,7-10H2,(H,21,24). The fraction of sp³-hybridized carbons (Fsp3) is 0.471. The first-order valence-electron chi connectivity index (χ1n) is 8.48. The monoisotopic (exact) mass is 401 g/mol. The van der Waals surface area contributed by atoms with Crippen LogP contribution in [-0.2, 0) is 9.59 Å². The summed E-state index contributed by atoms with van der Waals surface area (Å²) in [5, 5.41) is 2.64. The second-order valence-corrected chi connectivity index (χ2v) is 7.54. The van der Waals surface area contributed by atoms with Crippen molar-refractivity contribution in [1.29, 1.82) is 0 Å². The second kappa shape index (κ2) is 7.79. The Morgan fingerprint density at radius 2 is 1.52 bits per heavy atom. The molecule has 1 aliphatic heterocycles. The highest BCUT2D eigenvalue weighted by Crippen LogP contribution is 2.36. The Labute approximate surface area is 158 Å². The fourth-order valence-corrected chi connectivity index (χ4v) is 3.25. The number of nitrogens with zero attached hydrogens (tertiary/aromatic N) is 2. The van der Waals surface area contributed by atoms with Crippen LogP contribution in [0, 0.1) is 0 Å². The predicted molar refractivity (Wildman–Crippen MR) is 92.0 cm³/mol. The van der Waals surface area contributed by atoms with Crippen LogP contribution in [0.25, 0.3) is 0 Å². The summed E-state index contributed by atoms with van der Waals surface area (Å²) in [5.74, 6) is -1.52. The third-order valence-electron chi connectivity index (χ3n) is 4.30. The van der Waals surface area contributed by atoms with E-state index in [-0.39, 0.29) is 60.3 Å². The van der Waals surface area contributed by atoms with Gasteiger partial charge in [-0.15, -0.1) is 0 Å². The van der Waals surface area contributed by atoms with Gasteiger partial charge in [0.15, 0.2) is 0 Å². The van der Waals surface area contributed by atoms with Gasteiger partial charge in [0.25, 0.3) is 5.91 Å². The van der Waals surface area contributed by atoms with Gasteiger partial charge < -0.3 is 15.1 Å². The Kier molecular flexibility index (Phi) is 5.64. The van der Waals surface area contributed by atoms with Crippen LogP contribution in [0.1, 0.15) is 23.2 Å². The van der Waals surface area contributed by atoms with Crippen molar-refractivity contribution in [3.8, 4) is 0 Å². The van der Waals surface area contributed by atoms with Crippen molar-refractivity contribution < 1.29 is 27.6 Å². The molecule has 0 atom stereocenters. The summed E-state index contributed by atoms with van der Waals surface area (Å²) in [6.45, 7) is 1.01. The van der Waals surface area contributed by atoms with Gasteiger partial charge in [-0.3, -0.25) is 14.4 Å². The van der Waals surface area contributed by atoms with Crippen LogP contribution in [0.2, 0.25) is 0 Å². The maximum Gasteiger partial charge on any atom is 0.446 e. The number of hydrogen-bond donors (Lipinski definition) is 1. The molecule has 0 radical (unpaired) electrons. The number of nitrogens with one attached hydrogen (secondary N) is 1. The lowest BCUT2D eigenvalue weighted by atomic mass is 10.2. The maximum absolute atomic E-state index is 12.5. The van der Waals surface area contributed by atoms with Crippen LogP contribution in [0.15, 0.2) is 29.2 Å². The van der Waals surface area contributed by atoms with Crippen LogP contribution >= 0.6 is 11.8 Å². The van der Waals surface area contributed by atoms with E-state index < -0.39 is 17.3 Å². The number of alkyl halides is 3. The highest BCUT2D eigenvalue weighted by molar-refractivity contribution is 8.00. The van der Waals surface area contributed by atoms with E-state index in [1.54, 1.807) is 0 Å². The molecule has 3 amide bonds. The summed E-state index contributed by atoms with van der Waals surface area (Å²) in [4.78, 5) is 39.3. The first kappa shape index (κ1) is 19.5. The molecule has 1 saturated heterocycles. The zero-order valence-electron chi connectivity index (χ0n) is 14.3. The van der Waals surface area contributed by atoms with Gasteiger partial charge in [0.2, 0.25) is 0 Å². The molecule has 10 heteroatoms. The highest BCUT2D eigenvalue weighted by atomic mass is 32.2. The van der Waals surface area contributed by atoms with Crippen LogP contribution < -0.4 is 5.32 Å². The van der Waals surface area contributed by atoms with E-state index in [2.05, 4.69) is 5.32 Å². The van der Waals surface area contributed by atoms with Crippen LogP contribution in [0.4, 0.5) is 13.2 Å². The molecule has 146 valence electrons. The molecule has 0 aromatic heterocycles. The molecule has 1 aromatic rings. The van der Waals surface area contributed by atoms with Gasteiger partial charge in [-0.25, -0.2) is 0 Å². The molecule has 0 bridgehead atoms. The lowest BCUT2D eigenvalue weighted by Gasteiger charge is -2.34. The number of piperazine rings is 1. The minimum atomic E-state index is -4.37. The first-order chi connectivity index (χ1) is 12.7. The number of carbonyl (C=O) groups excluding carboxylic acids is 3. The smallest absolute Gasteiger partial charge is 0.345 e. The summed E-state index contributed by atoms with van der Waals surface area (Å²) < 4.78 is 37.1. The molecule has 1 aliphatic carbocycles. The summed E-state index contributed by atoms with van der Waals surface area (Å²) in [7, 11) is 0. The molecule has 2 fully saturated rings. The molecular weight excluding hydrogens is 383 g/mol. The van der Waals surface area contributed by atoms with Crippen molar-refractivity contribution in [2.24, 2.45) is 0 Å². The highest BCUT2D eigenvalue weighted by Gasteiger charge is 2.32. The van der Waals surface area contributed by atoms with E-state index in [9.17, 15) is 27.6 Å². The van der Waals surface area contributed by atoms with E-state index in [0.717, 1.165) is 12.8 Å². The third-order valence-corrected chi connectivity index (χ3v) is 5.04. The van der Waals surface area contributed by atoms with Crippen molar-refractivity contribution >= 4 is 29.5 Å². The Bertz CT molecular complexity index is 727. The number of hydrogen-bond acceptors (Lipinski definition) is 4. The Hall–Kier alpha value is -2.23. The summed E-state index contributed by atoms with van der Waals surface area (Å²) >= 11 is -0.236. The summed E-state index contributed by atoms with van der Waals surface area (Å²) in [6, 6.07) is 5.33. The largest absolute Gasteiger partial charge is 0.446 e. The van der Waals surface area contributed by atoms with Gasteiger partial charge in [-0.05, 0) is 48.9 Å². The van der Waals surface area contributed by atoms with Gasteiger partial charge in [0.05, 0.1) is 0 Å². The molecule has 1 saturated carbocycles. The molecule has 1 N–H and O–H groups in total. The van der Waals surface area contributed by atoms with Crippen molar-refractivity contribution in [3.05, 3.63) is 29.8 Å². The molecule has 6 nitrogen and oxygen atoms in total. The SMILES string of the molecule is O=C(NC1CC1)C(=O)N1CCN(C(=O)c2ccc(SC(F)(F)F)cc2)CC1. The lowest BCUT2D eigenvalue weighted by Crippen LogP contribution is -2.54. The van der Waals surface area contributed by atoms with E-state index in [4.69, 9.17) is 0 Å². The minimum Gasteiger partial charge on any atom is -0.345 e. The van der Waals surface area contributed by atoms with Crippen molar-refractivity contribution in [1.82, 2.24) is 15.1 Å². The zero-order chi connectivity index (χ0) is 19.6. The van der Waals surface area contributed by atoms with Crippen LogP contribution in [0.3, 0.4) is 0 Å². The van der Waals surface area contributed by atoms with E-state index in [0.29, 0.717) is 0 Å². The van der Waals surface area contributed by atoms with Gasteiger partial charge in [0.1, 0.15) is 0 Å². The number of halogens is 3.